The molecule has 0 spiro atoms. The zero-order chi connectivity index (χ0) is 15.9. The van der Waals surface area contributed by atoms with E-state index in [1.54, 1.807) is 21.3 Å². The molecule has 1 atom stereocenters. The first-order chi connectivity index (χ1) is 10.7. The number of nitrogens with one attached hydrogen (secondary N) is 1. The van der Waals surface area contributed by atoms with Gasteiger partial charge in [-0.2, -0.15) is 0 Å². The highest BCUT2D eigenvalue weighted by Gasteiger charge is 2.22. The van der Waals surface area contributed by atoms with Crippen LogP contribution in [0.25, 0.3) is 0 Å². The molecule has 1 fully saturated rings. The van der Waals surface area contributed by atoms with E-state index in [0.717, 1.165) is 36.7 Å². The lowest BCUT2D eigenvalue weighted by atomic mass is 10.1. The Hall–Kier alpha value is -1.46. The van der Waals surface area contributed by atoms with E-state index in [1.165, 1.54) is 19.4 Å². The molecule has 2 rings (SSSR count). The van der Waals surface area contributed by atoms with Crippen molar-refractivity contribution < 1.29 is 14.2 Å². The third-order valence-electron chi connectivity index (χ3n) is 4.39. The number of hydrogen-bond acceptors (Lipinski definition) is 5. The van der Waals surface area contributed by atoms with Crippen molar-refractivity contribution >= 4 is 0 Å². The van der Waals surface area contributed by atoms with Crippen LogP contribution in [0.2, 0.25) is 0 Å². The lowest BCUT2D eigenvalue weighted by Crippen LogP contribution is -2.37. The number of ether oxygens (including phenoxy) is 3. The normalized spacial score (nSPS) is 18.5. The quantitative estimate of drug-likeness (QED) is 0.798. The fourth-order valence-electron chi connectivity index (χ4n) is 3.15. The molecule has 0 aromatic heterocycles. The standard InChI is InChI=1S/C17H28N2O3/c1-5-19-8-6-7-14(19)12-18-11-13-9-16(21-3)17(22-4)10-15(13)20-2/h9-10,14,18H,5-8,11-12H2,1-4H3/t14-/m1/s1. The van der Waals surface area contributed by atoms with Crippen molar-refractivity contribution in [1.82, 2.24) is 10.2 Å². The van der Waals surface area contributed by atoms with Crippen molar-refractivity contribution in [2.45, 2.75) is 32.4 Å². The van der Waals surface area contributed by atoms with Crippen LogP contribution in [0.4, 0.5) is 0 Å². The lowest BCUT2D eigenvalue weighted by molar-refractivity contribution is 0.259. The SMILES string of the molecule is CCN1CCC[C@@H]1CNCc1cc(OC)c(OC)cc1OC. The summed E-state index contributed by atoms with van der Waals surface area (Å²) in [4.78, 5) is 2.54. The molecule has 1 saturated heterocycles. The molecule has 0 amide bonds. The fourth-order valence-corrected chi connectivity index (χ4v) is 3.15. The van der Waals surface area contributed by atoms with E-state index >= 15 is 0 Å². The van der Waals surface area contributed by atoms with Crippen molar-refractivity contribution in [2.75, 3.05) is 41.0 Å². The summed E-state index contributed by atoms with van der Waals surface area (Å²) in [7, 11) is 4.97. The van der Waals surface area contributed by atoms with Crippen LogP contribution in [0, 0.1) is 0 Å². The number of hydrogen-bond donors (Lipinski definition) is 1. The van der Waals surface area contributed by atoms with E-state index in [2.05, 4.69) is 17.1 Å². The molecule has 124 valence electrons. The van der Waals surface area contributed by atoms with Gasteiger partial charge < -0.3 is 19.5 Å². The van der Waals surface area contributed by atoms with Gasteiger partial charge in [0.05, 0.1) is 21.3 Å². The van der Waals surface area contributed by atoms with E-state index in [-0.39, 0.29) is 0 Å². The molecule has 0 radical (unpaired) electrons. The summed E-state index contributed by atoms with van der Waals surface area (Å²) in [6, 6.07) is 4.51. The first kappa shape index (κ1) is 16.9. The smallest absolute Gasteiger partial charge is 0.164 e. The molecule has 1 heterocycles. The highest BCUT2D eigenvalue weighted by atomic mass is 16.5. The van der Waals surface area contributed by atoms with Gasteiger partial charge in [0.1, 0.15) is 5.75 Å². The molecule has 22 heavy (non-hydrogen) atoms. The first-order valence-electron chi connectivity index (χ1n) is 7.97. The Morgan fingerprint density at radius 3 is 2.41 bits per heavy atom. The molecular weight excluding hydrogens is 280 g/mol. The van der Waals surface area contributed by atoms with Gasteiger partial charge in [-0.15, -0.1) is 0 Å². The van der Waals surface area contributed by atoms with Crippen molar-refractivity contribution in [3.05, 3.63) is 17.7 Å². The van der Waals surface area contributed by atoms with Gasteiger partial charge in [-0.05, 0) is 32.0 Å². The van der Waals surface area contributed by atoms with Crippen molar-refractivity contribution in [1.29, 1.82) is 0 Å². The van der Waals surface area contributed by atoms with Crippen LogP contribution in [0.5, 0.6) is 17.2 Å². The third-order valence-corrected chi connectivity index (χ3v) is 4.39. The maximum atomic E-state index is 5.47. The molecule has 0 unspecified atom stereocenters. The largest absolute Gasteiger partial charge is 0.496 e. The molecule has 1 aromatic rings. The molecule has 5 nitrogen and oxygen atoms in total. The molecule has 0 saturated carbocycles. The number of nitrogens with zero attached hydrogens (tertiary/aromatic N) is 1. The minimum Gasteiger partial charge on any atom is -0.496 e. The molecule has 5 heteroatoms. The van der Waals surface area contributed by atoms with Gasteiger partial charge >= 0.3 is 0 Å². The summed E-state index contributed by atoms with van der Waals surface area (Å²) in [5.41, 5.74) is 1.08. The van der Waals surface area contributed by atoms with Gasteiger partial charge in [0.25, 0.3) is 0 Å². The third kappa shape index (κ3) is 3.84. The second kappa shape index (κ2) is 8.25. The minimum absolute atomic E-state index is 0.649. The number of likely N-dealkylation sites (N-methyl/N-ethyl adjacent to an activating group) is 1. The molecule has 1 aliphatic rings. The molecule has 0 bridgehead atoms. The lowest BCUT2D eigenvalue weighted by Gasteiger charge is -2.23. The van der Waals surface area contributed by atoms with E-state index in [4.69, 9.17) is 14.2 Å². The van der Waals surface area contributed by atoms with Crippen molar-refractivity contribution in [2.24, 2.45) is 0 Å². The molecule has 1 aromatic carbocycles. The zero-order valence-electron chi connectivity index (χ0n) is 14.1. The van der Waals surface area contributed by atoms with E-state index in [0.29, 0.717) is 11.8 Å². The predicted molar refractivity (Wildman–Crippen MR) is 88.1 cm³/mol. The van der Waals surface area contributed by atoms with Crippen LogP contribution in [-0.4, -0.2) is 51.9 Å². The molecular formula is C17H28N2O3. The summed E-state index contributed by atoms with van der Waals surface area (Å²) in [5.74, 6) is 2.25. The van der Waals surface area contributed by atoms with Gasteiger partial charge in [0.15, 0.2) is 11.5 Å². The van der Waals surface area contributed by atoms with Crippen LogP contribution >= 0.6 is 0 Å². The zero-order valence-corrected chi connectivity index (χ0v) is 14.1. The average molecular weight is 308 g/mol. The van der Waals surface area contributed by atoms with Crippen LogP contribution < -0.4 is 19.5 Å². The summed E-state index contributed by atoms with van der Waals surface area (Å²) < 4.78 is 16.2. The second-order valence-corrected chi connectivity index (χ2v) is 5.57. The molecule has 0 aliphatic carbocycles. The Balaban J connectivity index is 1.99. The predicted octanol–water partition coefficient (Wildman–Crippen LogP) is 2.29. The van der Waals surface area contributed by atoms with Crippen LogP contribution in [0.1, 0.15) is 25.3 Å². The van der Waals surface area contributed by atoms with E-state index < -0.39 is 0 Å². The van der Waals surface area contributed by atoms with Gasteiger partial charge in [-0.3, -0.25) is 4.90 Å². The Morgan fingerprint density at radius 1 is 1.09 bits per heavy atom. The topological polar surface area (TPSA) is 43.0 Å². The number of rotatable bonds is 8. The van der Waals surface area contributed by atoms with Gasteiger partial charge in [0, 0.05) is 30.8 Å². The molecule has 1 aliphatic heterocycles. The first-order valence-corrected chi connectivity index (χ1v) is 7.97. The van der Waals surface area contributed by atoms with Crippen LogP contribution in [0.15, 0.2) is 12.1 Å². The van der Waals surface area contributed by atoms with Crippen LogP contribution in [-0.2, 0) is 6.54 Å². The maximum absolute atomic E-state index is 5.47. The Bertz CT molecular complexity index is 479. The summed E-state index contributed by atoms with van der Waals surface area (Å²) in [6.45, 7) is 6.35. The summed E-state index contributed by atoms with van der Waals surface area (Å²) in [6.07, 6.45) is 2.59. The number of methoxy groups -OCH3 is 3. The molecule has 1 N–H and O–H groups in total. The number of likely N-dealkylation sites (tertiary alicyclic amines) is 1. The Kier molecular flexibility index (Phi) is 6.34. The van der Waals surface area contributed by atoms with Crippen molar-refractivity contribution in [3.8, 4) is 17.2 Å². The summed E-state index contributed by atoms with van der Waals surface area (Å²) in [5, 5.41) is 3.55. The second-order valence-electron chi connectivity index (χ2n) is 5.57. The highest BCUT2D eigenvalue weighted by molar-refractivity contribution is 5.50. The Morgan fingerprint density at radius 2 is 1.77 bits per heavy atom. The highest BCUT2D eigenvalue weighted by Crippen LogP contribution is 2.34. The van der Waals surface area contributed by atoms with Gasteiger partial charge in [-0.1, -0.05) is 6.92 Å². The minimum atomic E-state index is 0.649. The Labute approximate surface area is 133 Å². The van der Waals surface area contributed by atoms with Gasteiger partial charge in [-0.25, -0.2) is 0 Å². The fraction of sp³-hybridized carbons (Fsp3) is 0.647. The summed E-state index contributed by atoms with van der Waals surface area (Å²) >= 11 is 0. The van der Waals surface area contributed by atoms with Crippen molar-refractivity contribution in [3.63, 3.8) is 0 Å². The van der Waals surface area contributed by atoms with E-state index in [1.807, 2.05) is 12.1 Å². The maximum Gasteiger partial charge on any atom is 0.164 e. The average Bonchev–Trinajstić information content (AvgIpc) is 3.01. The number of benzene rings is 1. The van der Waals surface area contributed by atoms with Gasteiger partial charge in [0.2, 0.25) is 0 Å². The van der Waals surface area contributed by atoms with Crippen LogP contribution in [0.3, 0.4) is 0 Å². The monoisotopic (exact) mass is 308 g/mol. The van der Waals surface area contributed by atoms with E-state index in [9.17, 15) is 0 Å².